The summed E-state index contributed by atoms with van der Waals surface area (Å²) in [4.78, 5) is 13.3. The standard InChI is InChI=1S/C26H24N2O2/c1-19-14-16-22(17-15-19)27-26(29)25(21-11-6-3-7-12-21)28-24(23-13-8-18-30-23)20-9-4-2-5-10-20/h2-18,24-25,28H,1H3,(H,27,29)/t24-,25+/m0/s1. The number of nitrogens with one attached hydrogen (secondary N) is 2. The first-order valence-electron chi connectivity index (χ1n) is 9.97. The van der Waals surface area contributed by atoms with Crippen LogP contribution in [0.2, 0.25) is 0 Å². The Kier molecular flexibility index (Phi) is 6.06. The fourth-order valence-corrected chi connectivity index (χ4v) is 3.43. The number of carbonyl (C=O) groups excluding carboxylic acids is 1. The van der Waals surface area contributed by atoms with Crippen molar-refractivity contribution in [1.82, 2.24) is 5.32 Å². The molecule has 150 valence electrons. The number of aryl methyl sites for hydroxylation is 1. The topological polar surface area (TPSA) is 54.3 Å². The van der Waals surface area contributed by atoms with Gasteiger partial charge < -0.3 is 9.73 Å². The third kappa shape index (κ3) is 4.67. The molecule has 0 fully saturated rings. The van der Waals surface area contributed by atoms with Gasteiger partial charge in [0.1, 0.15) is 11.8 Å². The zero-order valence-electron chi connectivity index (χ0n) is 16.8. The zero-order chi connectivity index (χ0) is 20.8. The zero-order valence-corrected chi connectivity index (χ0v) is 16.8. The summed E-state index contributed by atoms with van der Waals surface area (Å²) in [6.45, 7) is 2.02. The molecule has 0 aliphatic rings. The molecule has 4 rings (SSSR count). The Labute approximate surface area is 176 Å². The molecule has 0 radical (unpaired) electrons. The molecule has 2 atom stereocenters. The molecule has 4 nitrogen and oxygen atoms in total. The van der Waals surface area contributed by atoms with E-state index in [1.165, 1.54) is 0 Å². The van der Waals surface area contributed by atoms with Crippen LogP contribution < -0.4 is 10.6 Å². The van der Waals surface area contributed by atoms with E-state index in [9.17, 15) is 4.79 Å². The predicted octanol–water partition coefficient (Wildman–Crippen LogP) is 5.65. The summed E-state index contributed by atoms with van der Waals surface area (Å²) in [6, 6.07) is 30.5. The van der Waals surface area contributed by atoms with Gasteiger partial charge >= 0.3 is 0 Å². The van der Waals surface area contributed by atoms with Crippen molar-refractivity contribution in [3.63, 3.8) is 0 Å². The van der Waals surface area contributed by atoms with Gasteiger partial charge in [-0.3, -0.25) is 10.1 Å². The molecule has 1 heterocycles. The highest BCUT2D eigenvalue weighted by atomic mass is 16.3. The van der Waals surface area contributed by atoms with E-state index < -0.39 is 6.04 Å². The molecule has 0 saturated carbocycles. The average molecular weight is 396 g/mol. The third-order valence-corrected chi connectivity index (χ3v) is 5.01. The van der Waals surface area contributed by atoms with Crippen LogP contribution in [0.3, 0.4) is 0 Å². The van der Waals surface area contributed by atoms with Crippen LogP contribution in [0.4, 0.5) is 5.69 Å². The van der Waals surface area contributed by atoms with Gasteiger partial charge in [0.2, 0.25) is 5.91 Å². The van der Waals surface area contributed by atoms with Gasteiger partial charge in [-0.25, -0.2) is 0 Å². The molecule has 2 N–H and O–H groups in total. The Bertz CT molecular complexity index is 1060. The van der Waals surface area contributed by atoms with Crippen molar-refractivity contribution >= 4 is 11.6 Å². The minimum Gasteiger partial charge on any atom is -0.467 e. The summed E-state index contributed by atoms with van der Waals surface area (Å²) >= 11 is 0. The van der Waals surface area contributed by atoms with Crippen LogP contribution in [-0.4, -0.2) is 5.91 Å². The molecule has 0 unspecified atom stereocenters. The lowest BCUT2D eigenvalue weighted by Gasteiger charge is -2.25. The van der Waals surface area contributed by atoms with Crippen molar-refractivity contribution in [3.05, 3.63) is 126 Å². The molecule has 1 amide bonds. The van der Waals surface area contributed by atoms with Crippen molar-refractivity contribution in [2.24, 2.45) is 0 Å². The Balaban J connectivity index is 1.66. The number of benzene rings is 3. The number of anilines is 1. The van der Waals surface area contributed by atoms with Crippen LogP contribution in [0.15, 0.2) is 108 Å². The summed E-state index contributed by atoms with van der Waals surface area (Å²) in [5.74, 6) is 0.628. The average Bonchev–Trinajstić information content (AvgIpc) is 3.32. The Morgan fingerprint density at radius 2 is 1.40 bits per heavy atom. The van der Waals surface area contributed by atoms with Crippen molar-refractivity contribution in [2.45, 2.75) is 19.0 Å². The fourth-order valence-electron chi connectivity index (χ4n) is 3.43. The molecular formula is C26H24N2O2. The Morgan fingerprint density at radius 3 is 2.00 bits per heavy atom. The van der Waals surface area contributed by atoms with Gasteiger partial charge in [-0.2, -0.15) is 0 Å². The maximum atomic E-state index is 13.3. The summed E-state index contributed by atoms with van der Waals surface area (Å²) in [6.07, 6.45) is 1.65. The van der Waals surface area contributed by atoms with Gasteiger partial charge in [0.15, 0.2) is 0 Å². The molecule has 4 heteroatoms. The molecular weight excluding hydrogens is 372 g/mol. The van der Waals surface area contributed by atoms with Gasteiger partial charge in [-0.1, -0.05) is 78.4 Å². The molecule has 0 spiro atoms. The first-order valence-corrected chi connectivity index (χ1v) is 9.97. The van der Waals surface area contributed by atoms with Gasteiger partial charge in [-0.05, 0) is 42.3 Å². The van der Waals surface area contributed by atoms with Crippen LogP contribution in [-0.2, 0) is 4.79 Å². The number of carbonyl (C=O) groups is 1. The van der Waals surface area contributed by atoms with E-state index >= 15 is 0 Å². The first kappa shape index (κ1) is 19.7. The van der Waals surface area contributed by atoms with E-state index in [0.717, 1.165) is 28.1 Å². The van der Waals surface area contributed by atoms with Crippen molar-refractivity contribution in [3.8, 4) is 0 Å². The fraction of sp³-hybridized carbons (Fsp3) is 0.115. The summed E-state index contributed by atoms with van der Waals surface area (Å²) < 4.78 is 5.70. The number of hydrogen-bond acceptors (Lipinski definition) is 3. The predicted molar refractivity (Wildman–Crippen MR) is 119 cm³/mol. The number of rotatable bonds is 7. The summed E-state index contributed by atoms with van der Waals surface area (Å²) in [7, 11) is 0. The largest absolute Gasteiger partial charge is 0.467 e. The second-order valence-corrected chi connectivity index (χ2v) is 7.22. The van der Waals surface area contributed by atoms with Gasteiger partial charge in [0.25, 0.3) is 0 Å². The smallest absolute Gasteiger partial charge is 0.246 e. The monoisotopic (exact) mass is 396 g/mol. The lowest BCUT2D eigenvalue weighted by Crippen LogP contribution is -2.36. The van der Waals surface area contributed by atoms with Crippen LogP contribution in [0, 0.1) is 6.92 Å². The van der Waals surface area contributed by atoms with Crippen molar-refractivity contribution in [1.29, 1.82) is 0 Å². The molecule has 0 aliphatic heterocycles. The SMILES string of the molecule is Cc1ccc(NC(=O)[C@H](N[C@@H](c2ccccc2)c2ccco2)c2ccccc2)cc1. The second kappa shape index (κ2) is 9.25. The third-order valence-electron chi connectivity index (χ3n) is 5.01. The van der Waals surface area contributed by atoms with Gasteiger partial charge in [-0.15, -0.1) is 0 Å². The molecule has 0 aliphatic carbocycles. The van der Waals surface area contributed by atoms with E-state index in [4.69, 9.17) is 4.42 Å². The first-order chi connectivity index (χ1) is 14.7. The molecule has 0 bridgehead atoms. The van der Waals surface area contributed by atoms with Crippen LogP contribution in [0.25, 0.3) is 0 Å². The number of furan rings is 1. The van der Waals surface area contributed by atoms with E-state index in [1.54, 1.807) is 6.26 Å². The molecule has 3 aromatic carbocycles. The molecule has 1 aromatic heterocycles. The van der Waals surface area contributed by atoms with Crippen LogP contribution in [0.1, 0.15) is 34.5 Å². The lowest BCUT2D eigenvalue weighted by atomic mass is 10.00. The second-order valence-electron chi connectivity index (χ2n) is 7.22. The highest BCUT2D eigenvalue weighted by Gasteiger charge is 2.27. The quantitative estimate of drug-likeness (QED) is 0.425. The molecule has 0 saturated heterocycles. The van der Waals surface area contributed by atoms with Crippen LogP contribution >= 0.6 is 0 Å². The van der Waals surface area contributed by atoms with Crippen molar-refractivity contribution < 1.29 is 9.21 Å². The van der Waals surface area contributed by atoms with Gasteiger partial charge in [0.05, 0.1) is 12.3 Å². The van der Waals surface area contributed by atoms with Crippen LogP contribution in [0.5, 0.6) is 0 Å². The Morgan fingerprint density at radius 1 is 0.767 bits per heavy atom. The highest BCUT2D eigenvalue weighted by molar-refractivity contribution is 5.95. The Hall–Kier alpha value is -3.63. The van der Waals surface area contributed by atoms with E-state index in [-0.39, 0.29) is 11.9 Å². The highest BCUT2D eigenvalue weighted by Crippen LogP contribution is 2.27. The maximum absolute atomic E-state index is 13.3. The summed E-state index contributed by atoms with van der Waals surface area (Å²) in [5.41, 5.74) is 3.82. The number of hydrogen-bond donors (Lipinski definition) is 2. The van der Waals surface area contributed by atoms with E-state index in [0.29, 0.717) is 0 Å². The van der Waals surface area contributed by atoms with Crippen molar-refractivity contribution in [2.75, 3.05) is 5.32 Å². The maximum Gasteiger partial charge on any atom is 0.246 e. The minimum atomic E-state index is -0.567. The minimum absolute atomic E-state index is 0.127. The molecule has 30 heavy (non-hydrogen) atoms. The summed E-state index contributed by atoms with van der Waals surface area (Å²) in [5, 5.41) is 6.55. The number of amides is 1. The molecule has 4 aromatic rings. The normalized spacial score (nSPS) is 12.8. The van der Waals surface area contributed by atoms with E-state index in [1.807, 2.05) is 104 Å². The van der Waals surface area contributed by atoms with Gasteiger partial charge in [0, 0.05) is 5.69 Å². The lowest BCUT2D eigenvalue weighted by molar-refractivity contribution is -0.118. The van der Waals surface area contributed by atoms with E-state index in [2.05, 4.69) is 10.6 Å².